The number of sulfonamides is 1. The molecule has 150 valence electrons. The van der Waals surface area contributed by atoms with E-state index in [1.165, 1.54) is 12.1 Å². The Morgan fingerprint density at radius 3 is 2.43 bits per heavy atom. The van der Waals surface area contributed by atoms with Crippen molar-refractivity contribution < 1.29 is 22.7 Å². The topological polar surface area (TPSA) is 93.7 Å². The summed E-state index contributed by atoms with van der Waals surface area (Å²) in [4.78, 5) is 12.8. The number of nitrogens with one attached hydrogen (secondary N) is 2. The highest BCUT2D eigenvalue weighted by molar-refractivity contribution is 7.89. The van der Waals surface area contributed by atoms with Crippen molar-refractivity contribution >= 4 is 15.9 Å². The third kappa shape index (κ3) is 4.63. The maximum atomic E-state index is 12.7. The minimum absolute atomic E-state index is 0.132. The number of hydrogen-bond acceptors (Lipinski definition) is 5. The highest BCUT2D eigenvalue weighted by atomic mass is 32.2. The largest absolute Gasteiger partial charge is 0.454 e. The minimum Gasteiger partial charge on any atom is -0.454 e. The van der Waals surface area contributed by atoms with Crippen molar-refractivity contribution in [2.45, 2.75) is 38.3 Å². The number of hydrogen-bond donors (Lipinski definition) is 2. The lowest BCUT2D eigenvalue weighted by atomic mass is 10.0. The molecule has 0 saturated carbocycles. The molecule has 2 aromatic rings. The Hall–Kier alpha value is -2.58. The maximum absolute atomic E-state index is 12.7. The summed E-state index contributed by atoms with van der Waals surface area (Å²) in [7, 11) is -3.80. The first-order chi connectivity index (χ1) is 13.3. The van der Waals surface area contributed by atoms with Crippen LogP contribution in [0.1, 0.15) is 25.0 Å². The van der Waals surface area contributed by atoms with Crippen LogP contribution in [0.15, 0.2) is 47.4 Å². The number of carbonyl (C=O) groups excluding carboxylic acids is 1. The molecule has 2 N–H and O–H groups in total. The molecular weight excluding hydrogens is 380 g/mol. The van der Waals surface area contributed by atoms with E-state index in [4.69, 9.17) is 9.47 Å². The Morgan fingerprint density at radius 2 is 1.75 bits per heavy atom. The smallest absolute Gasteiger partial charge is 0.241 e. The van der Waals surface area contributed by atoms with Crippen LogP contribution in [0.2, 0.25) is 0 Å². The number of carbonyl (C=O) groups is 1. The fraction of sp³-hybridized carbons (Fsp3) is 0.350. The number of aryl methyl sites for hydroxylation is 1. The first-order valence-corrected chi connectivity index (χ1v) is 10.5. The molecule has 1 aliphatic rings. The molecule has 28 heavy (non-hydrogen) atoms. The molecule has 1 aliphatic heterocycles. The van der Waals surface area contributed by atoms with E-state index < -0.39 is 16.1 Å². The maximum Gasteiger partial charge on any atom is 0.241 e. The van der Waals surface area contributed by atoms with Gasteiger partial charge in [-0.2, -0.15) is 4.72 Å². The normalized spacial score (nSPS) is 14.1. The van der Waals surface area contributed by atoms with Crippen LogP contribution >= 0.6 is 0 Å². The monoisotopic (exact) mass is 404 g/mol. The van der Waals surface area contributed by atoms with Gasteiger partial charge in [0.1, 0.15) is 6.04 Å². The number of fused-ring (bicyclic) bond motifs is 1. The van der Waals surface area contributed by atoms with Gasteiger partial charge in [0.25, 0.3) is 0 Å². The van der Waals surface area contributed by atoms with Crippen molar-refractivity contribution in [3.8, 4) is 11.5 Å². The number of benzene rings is 2. The van der Waals surface area contributed by atoms with E-state index in [-0.39, 0.29) is 30.1 Å². The number of ether oxygens (including phenoxy) is 2. The molecule has 0 spiro atoms. The van der Waals surface area contributed by atoms with Gasteiger partial charge in [-0.1, -0.05) is 37.6 Å². The molecule has 1 atom stereocenters. The highest BCUT2D eigenvalue weighted by Gasteiger charge is 2.28. The van der Waals surface area contributed by atoms with Crippen LogP contribution in [-0.2, 0) is 21.4 Å². The van der Waals surface area contributed by atoms with Gasteiger partial charge in [0, 0.05) is 6.54 Å². The molecule has 0 saturated heterocycles. The van der Waals surface area contributed by atoms with E-state index in [2.05, 4.69) is 10.0 Å². The van der Waals surface area contributed by atoms with Crippen molar-refractivity contribution in [1.82, 2.24) is 10.0 Å². The Morgan fingerprint density at radius 1 is 1.07 bits per heavy atom. The minimum atomic E-state index is -3.80. The van der Waals surface area contributed by atoms with E-state index in [1.807, 2.05) is 13.0 Å². The number of rotatable bonds is 7. The van der Waals surface area contributed by atoms with Gasteiger partial charge in [0.05, 0.1) is 4.90 Å². The Bertz CT molecular complexity index is 955. The van der Waals surface area contributed by atoms with Gasteiger partial charge in [-0.15, -0.1) is 0 Å². The van der Waals surface area contributed by atoms with Gasteiger partial charge in [-0.3, -0.25) is 4.79 Å². The van der Waals surface area contributed by atoms with Crippen LogP contribution < -0.4 is 19.5 Å². The number of amides is 1. The molecule has 0 aromatic heterocycles. The highest BCUT2D eigenvalue weighted by Crippen LogP contribution is 2.32. The quantitative estimate of drug-likeness (QED) is 0.739. The van der Waals surface area contributed by atoms with Crippen molar-refractivity contribution in [2.75, 3.05) is 6.79 Å². The van der Waals surface area contributed by atoms with Crippen LogP contribution in [0.5, 0.6) is 11.5 Å². The summed E-state index contributed by atoms with van der Waals surface area (Å²) in [6.45, 7) is 5.90. The van der Waals surface area contributed by atoms with Gasteiger partial charge in [0.2, 0.25) is 22.7 Å². The first-order valence-electron chi connectivity index (χ1n) is 9.01. The zero-order valence-electron chi connectivity index (χ0n) is 16.1. The second-order valence-electron chi connectivity index (χ2n) is 7.06. The molecule has 1 heterocycles. The van der Waals surface area contributed by atoms with E-state index in [1.54, 1.807) is 38.1 Å². The molecule has 7 nitrogen and oxygen atoms in total. The summed E-state index contributed by atoms with van der Waals surface area (Å²) in [6, 6.07) is 11.0. The molecule has 0 bridgehead atoms. The Kier molecular flexibility index (Phi) is 5.90. The van der Waals surface area contributed by atoms with Gasteiger partial charge in [-0.25, -0.2) is 8.42 Å². The van der Waals surface area contributed by atoms with Crippen LogP contribution in [0.3, 0.4) is 0 Å². The standard InChI is InChI=1S/C20H24N2O5S/c1-13(2)19(22-28(24,25)16-7-4-14(3)5-8-16)20(23)21-11-15-6-9-17-18(10-15)27-12-26-17/h4-10,13,19,22H,11-12H2,1-3H3,(H,21,23)/t19-/m1/s1. The lowest BCUT2D eigenvalue weighted by Crippen LogP contribution is -2.49. The Labute approximate surface area is 165 Å². The summed E-state index contributed by atoms with van der Waals surface area (Å²) in [5.74, 6) is 0.688. The fourth-order valence-corrected chi connectivity index (χ4v) is 4.14. The van der Waals surface area contributed by atoms with Gasteiger partial charge >= 0.3 is 0 Å². The van der Waals surface area contributed by atoms with Crippen molar-refractivity contribution in [3.05, 3.63) is 53.6 Å². The van der Waals surface area contributed by atoms with Crippen molar-refractivity contribution in [2.24, 2.45) is 5.92 Å². The summed E-state index contributed by atoms with van der Waals surface area (Å²) < 4.78 is 38.4. The van der Waals surface area contributed by atoms with E-state index >= 15 is 0 Å². The average Bonchev–Trinajstić information content (AvgIpc) is 3.12. The predicted molar refractivity (Wildman–Crippen MR) is 105 cm³/mol. The van der Waals surface area contributed by atoms with E-state index in [0.717, 1.165) is 11.1 Å². The third-order valence-corrected chi connectivity index (χ3v) is 5.92. The summed E-state index contributed by atoms with van der Waals surface area (Å²) in [6.07, 6.45) is 0. The zero-order valence-corrected chi connectivity index (χ0v) is 16.9. The summed E-state index contributed by atoms with van der Waals surface area (Å²) in [5, 5.41) is 2.79. The van der Waals surface area contributed by atoms with Crippen molar-refractivity contribution in [3.63, 3.8) is 0 Å². The SMILES string of the molecule is Cc1ccc(S(=O)(=O)N[C@@H](C(=O)NCc2ccc3c(c2)OCO3)C(C)C)cc1. The van der Waals surface area contributed by atoms with E-state index in [0.29, 0.717) is 11.5 Å². The van der Waals surface area contributed by atoms with Crippen molar-refractivity contribution in [1.29, 1.82) is 0 Å². The zero-order chi connectivity index (χ0) is 20.3. The van der Waals surface area contributed by atoms with E-state index in [9.17, 15) is 13.2 Å². The van der Waals surface area contributed by atoms with Crippen LogP contribution in [-0.4, -0.2) is 27.2 Å². The van der Waals surface area contributed by atoms with Gasteiger partial charge in [0.15, 0.2) is 11.5 Å². The fourth-order valence-electron chi connectivity index (χ4n) is 2.80. The van der Waals surface area contributed by atoms with Gasteiger partial charge < -0.3 is 14.8 Å². The summed E-state index contributed by atoms with van der Waals surface area (Å²) in [5.41, 5.74) is 1.79. The molecular formula is C20H24N2O5S. The second-order valence-corrected chi connectivity index (χ2v) is 8.78. The first kappa shape index (κ1) is 20.2. The lowest BCUT2D eigenvalue weighted by molar-refractivity contribution is -0.123. The molecule has 0 unspecified atom stereocenters. The third-order valence-electron chi connectivity index (χ3n) is 4.47. The second kappa shape index (κ2) is 8.20. The molecule has 1 amide bonds. The lowest BCUT2D eigenvalue weighted by Gasteiger charge is -2.21. The molecule has 8 heteroatoms. The molecule has 0 aliphatic carbocycles. The van der Waals surface area contributed by atoms with Crippen LogP contribution in [0.4, 0.5) is 0 Å². The average molecular weight is 404 g/mol. The van der Waals surface area contributed by atoms with Gasteiger partial charge in [-0.05, 0) is 42.7 Å². The summed E-state index contributed by atoms with van der Waals surface area (Å²) >= 11 is 0. The van der Waals surface area contributed by atoms with Crippen LogP contribution in [0.25, 0.3) is 0 Å². The molecule has 2 aromatic carbocycles. The predicted octanol–water partition coefficient (Wildman–Crippen LogP) is 2.34. The molecule has 3 rings (SSSR count). The molecule has 0 fully saturated rings. The molecule has 0 radical (unpaired) electrons. The van der Waals surface area contributed by atoms with Crippen LogP contribution in [0, 0.1) is 12.8 Å². The Balaban J connectivity index is 1.67.